The molecule has 0 bridgehead atoms. The molecule has 0 fully saturated rings. The van der Waals surface area contributed by atoms with Crippen LogP contribution in [0.15, 0.2) is 36.4 Å². The van der Waals surface area contributed by atoms with E-state index in [-0.39, 0.29) is 11.8 Å². The highest BCUT2D eigenvalue weighted by molar-refractivity contribution is 7.77. The van der Waals surface area contributed by atoms with Crippen molar-refractivity contribution in [3.8, 4) is 0 Å². The van der Waals surface area contributed by atoms with E-state index in [9.17, 15) is 9.59 Å². The highest BCUT2D eigenvalue weighted by Gasteiger charge is 2.39. The molecule has 6 nitrogen and oxygen atoms in total. The number of carboxylic acids is 1. The lowest BCUT2D eigenvalue weighted by Gasteiger charge is -2.25. The molecule has 0 aliphatic rings. The quantitative estimate of drug-likeness (QED) is 0.560. The van der Waals surface area contributed by atoms with E-state index in [1.54, 1.807) is 0 Å². The fourth-order valence-electron chi connectivity index (χ4n) is 3.72. The molecule has 0 radical (unpaired) electrons. The smallest absolute Gasteiger partial charge is 0.261 e. The largest absolute Gasteiger partial charge is 0.550 e. The van der Waals surface area contributed by atoms with Crippen LogP contribution in [0.25, 0.3) is 0 Å². The molecule has 0 atom stereocenters. The second-order valence-corrected chi connectivity index (χ2v) is 13.0. The first-order valence-corrected chi connectivity index (χ1v) is 13.7. The molecule has 0 unspecified atom stereocenters. The summed E-state index contributed by atoms with van der Waals surface area (Å²) in [6, 6.07) is 12.0. The van der Waals surface area contributed by atoms with E-state index in [1.165, 1.54) is 0 Å². The van der Waals surface area contributed by atoms with Gasteiger partial charge in [-0.3, -0.25) is 9.59 Å². The Morgan fingerprint density at radius 1 is 0.727 bits per heavy atom. The Labute approximate surface area is 198 Å². The number of aryl methyl sites for hydroxylation is 4. The van der Waals surface area contributed by atoms with Crippen molar-refractivity contribution in [1.29, 1.82) is 0 Å². The third kappa shape index (κ3) is 8.97. The average molecular weight is 473 g/mol. The summed E-state index contributed by atoms with van der Waals surface area (Å²) in [4.78, 5) is 34.7. The minimum Gasteiger partial charge on any atom is -0.550 e. The van der Waals surface area contributed by atoms with Crippen molar-refractivity contribution in [2.75, 3.05) is 35.3 Å². The second kappa shape index (κ2) is 13.1. The topological polar surface area (TPSA) is 98.3 Å². The summed E-state index contributed by atoms with van der Waals surface area (Å²) in [5, 5.41) is 15.1. The Bertz CT molecular complexity index is 870. The number of carbonyl (C=O) groups excluding carboxylic acids is 3. The third-order valence-corrected chi connectivity index (χ3v) is 10.4. The molecule has 180 valence electrons. The Morgan fingerprint density at radius 3 is 1.24 bits per heavy atom. The number of nitrogens with one attached hydrogen (secondary N) is 2. The summed E-state index contributed by atoms with van der Waals surface area (Å²) in [5.41, 5.74) is 6.02. The predicted octanol–water partition coefficient (Wildman–Crippen LogP) is 4.31. The van der Waals surface area contributed by atoms with Crippen molar-refractivity contribution in [3.05, 3.63) is 58.7 Å². The Hall–Kier alpha value is -2.72. The van der Waals surface area contributed by atoms with Crippen molar-refractivity contribution < 1.29 is 19.5 Å². The van der Waals surface area contributed by atoms with Crippen LogP contribution in [0.5, 0.6) is 0 Å². The maximum absolute atomic E-state index is 12.9. The van der Waals surface area contributed by atoms with Gasteiger partial charge in [-0.25, -0.2) is 0 Å². The van der Waals surface area contributed by atoms with Gasteiger partial charge in [-0.05, 0) is 70.7 Å². The fourth-order valence-corrected chi connectivity index (χ4v) is 6.55. The van der Waals surface area contributed by atoms with Crippen LogP contribution in [-0.4, -0.2) is 42.4 Å². The predicted molar refractivity (Wildman–Crippen MR) is 138 cm³/mol. The number of hydrogen-bond acceptors (Lipinski definition) is 4. The SMILES string of the molecule is CC(=O)[O-].CC[P+](CC)(CC(=O)Nc1c(C)cccc1C)CC(=O)Nc1c(C)cccc1C. The minimum absolute atomic E-state index is 0.0132. The average Bonchev–Trinajstić information content (AvgIpc) is 2.72. The van der Waals surface area contributed by atoms with E-state index < -0.39 is 13.2 Å². The molecule has 0 saturated carbocycles. The van der Waals surface area contributed by atoms with Crippen molar-refractivity contribution in [3.63, 3.8) is 0 Å². The van der Waals surface area contributed by atoms with Crippen molar-refractivity contribution in [2.24, 2.45) is 0 Å². The molecule has 0 spiro atoms. The number of para-hydroxylation sites is 2. The normalized spacial score (nSPS) is 10.6. The molecule has 0 heterocycles. The Kier molecular flexibility index (Phi) is 11.2. The number of aliphatic carboxylic acids is 1. The molecule has 2 N–H and O–H groups in total. The summed E-state index contributed by atoms with van der Waals surface area (Å²) in [6.45, 7) is 13.2. The van der Waals surface area contributed by atoms with Gasteiger partial charge in [-0.1, -0.05) is 36.4 Å². The van der Waals surface area contributed by atoms with Crippen LogP contribution in [0.2, 0.25) is 0 Å². The number of anilines is 2. The molecule has 2 aromatic rings. The summed E-state index contributed by atoms with van der Waals surface area (Å²) in [7, 11) is -1.73. The number of amides is 2. The first-order valence-electron chi connectivity index (χ1n) is 11.2. The van der Waals surface area contributed by atoms with Gasteiger partial charge in [0.1, 0.15) is 12.3 Å². The molecule has 33 heavy (non-hydrogen) atoms. The standard InChI is InChI=1S/C24H33N2O2P.C2H4O2/c1-7-29(8-2,15-21(27)25-23-17(3)11-9-12-18(23)4)16-22(28)26-24-19(5)13-10-14-20(24)6;1-2(3)4/h9-14H,7-8,15-16H2,1-6H3,(H-,25,26,27,28);1H3,(H,3,4). The van der Waals surface area contributed by atoms with Gasteiger partial charge in [-0.15, -0.1) is 0 Å². The summed E-state index contributed by atoms with van der Waals surface area (Å²) in [6.07, 6.45) is 2.63. The Balaban J connectivity index is 0.00000125. The molecule has 2 amide bonds. The number of hydrogen-bond donors (Lipinski definition) is 2. The first-order chi connectivity index (χ1) is 15.4. The number of rotatable bonds is 8. The van der Waals surface area contributed by atoms with Crippen LogP contribution >= 0.6 is 7.26 Å². The number of carboxylic acid groups (broad SMARTS) is 1. The van der Waals surface area contributed by atoms with Gasteiger partial charge in [0, 0.05) is 24.6 Å². The van der Waals surface area contributed by atoms with Crippen LogP contribution in [0.4, 0.5) is 11.4 Å². The zero-order valence-corrected chi connectivity index (χ0v) is 21.8. The molecule has 0 saturated heterocycles. The zero-order chi connectivity index (χ0) is 25.2. The van der Waals surface area contributed by atoms with Gasteiger partial charge in [0.25, 0.3) is 11.8 Å². The molecular formula is C26H37N2O4P. The van der Waals surface area contributed by atoms with Gasteiger partial charge >= 0.3 is 0 Å². The lowest BCUT2D eigenvalue weighted by atomic mass is 10.1. The number of benzene rings is 2. The van der Waals surface area contributed by atoms with Gasteiger partial charge in [0.2, 0.25) is 0 Å². The summed E-state index contributed by atoms with van der Waals surface area (Å²) in [5.74, 6) is -1.06. The Morgan fingerprint density at radius 2 is 1.00 bits per heavy atom. The second-order valence-electron chi connectivity index (χ2n) is 8.41. The molecule has 2 aromatic carbocycles. The number of carbonyl (C=O) groups is 3. The lowest BCUT2D eigenvalue weighted by Crippen LogP contribution is -2.28. The van der Waals surface area contributed by atoms with Crippen LogP contribution in [0.1, 0.15) is 43.0 Å². The van der Waals surface area contributed by atoms with Crippen molar-refractivity contribution >= 4 is 36.4 Å². The van der Waals surface area contributed by atoms with Crippen LogP contribution in [0, 0.1) is 27.7 Å². The van der Waals surface area contributed by atoms with Crippen molar-refractivity contribution in [1.82, 2.24) is 0 Å². The van der Waals surface area contributed by atoms with Gasteiger partial charge in [0.05, 0.1) is 12.3 Å². The summed E-state index contributed by atoms with van der Waals surface area (Å²) >= 11 is 0. The fraction of sp³-hybridized carbons (Fsp3) is 0.423. The van der Waals surface area contributed by atoms with Gasteiger partial charge < -0.3 is 20.5 Å². The van der Waals surface area contributed by atoms with Gasteiger partial charge in [-0.2, -0.15) is 0 Å². The molecule has 7 heteroatoms. The zero-order valence-electron chi connectivity index (χ0n) is 20.9. The highest BCUT2D eigenvalue weighted by atomic mass is 31.2. The first kappa shape index (κ1) is 28.3. The summed E-state index contributed by atoms with van der Waals surface area (Å²) < 4.78 is 0. The van der Waals surface area contributed by atoms with Crippen LogP contribution in [-0.2, 0) is 14.4 Å². The van der Waals surface area contributed by atoms with E-state index in [0.717, 1.165) is 52.9 Å². The monoisotopic (exact) mass is 472 g/mol. The highest BCUT2D eigenvalue weighted by Crippen LogP contribution is 2.57. The molecule has 0 aromatic heterocycles. The van der Waals surface area contributed by atoms with E-state index in [4.69, 9.17) is 9.90 Å². The van der Waals surface area contributed by atoms with E-state index in [1.807, 2.05) is 64.1 Å². The van der Waals surface area contributed by atoms with E-state index in [0.29, 0.717) is 12.3 Å². The molecule has 2 rings (SSSR count). The van der Waals surface area contributed by atoms with Gasteiger partial charge in [0.15, 0.2) is 0 Å². The maximum Gasteiger partial charge on any atom is 0.261 e. The van der Waals surface area contributed by atoms with Crippen LogP contribution in [0.3, 0.4) is 0 Å². The maximum atomic E-state index is 12.9. The van der Waals surface area contributed by atoms with E-state index >= 15 is 0 Å². The lowest BCUT2D eigenvalue weighted by molar-refractivity contribution is -0.302. The van der Waals surface area contributed by atoms with E-state index in [2.05, 4.69) is 24.5 Å². The third-order valence-electron chi connectivity index (χ3n) is 5.79. The van der Waals surface area contributed by atoms with Crippen LogP contribution < -0.4 is 15.7 Å². The van der Waals surface area contributed by atoms with Crippen molar-refractivity contribution in [2.45, 2.75) is 48.5 Å². The minimum atomic E-state index is -1.73. The molecule has 0 aliphatic heterocycles. The molecule has 0 aliphatic carbocycles. The molecular weight excluding hydrogens is 435 g/mol.